The Morgan fingerprint density at radius 2 is 1.33 bits per heavy atom. The van der Waals surface area contributed by atoms with E-state index >= 15 is 0 Å². The van der Waals surface area contributed by atoms with Crippen LogP contribution in [0.5, 0.6) is 11.8 Å². The van der Waals surface area contributed by atoms with Crippen LogP contribution in [-0.4, -0.2) is 47.8 Å². The molecule has 3 heterocycles. The Hall–Kier alpha value is -4.52. The summed E-state index contributed by atoms with van der Waals surface area (Å²) in [6.45, 7) is 14.1. The summed E-state index contributed by atoms with van der Waals surface area (Å²) < 4.78 is 17.9. The molecule has 0 radical (unpaired) electrons. The molecule has 4 aromatic rings. The minimum absolute atomic E-state index is 0.198. The van der Waals surface area contributed by atoms with Crippen LogP contribution in [0.4, 0.5) is 10.5 Å². The number of rotatable bonds is 8. The third-order valence-electron chi connectivity index (χ3n) is 8.35. The minimum atomic E-state index is -0.464. The van der Waals surface area contributed by atoms with E-state index in [0.717, 1.165) is 61.3 Å². The lowest BCUT2D eigenvalue weighted by molar-refractivity contribution is 0.00598. The molecule has 46 heavy (non-hydrogen) atoms. The number of piperidine rings is 1. The number of carbonyl (C=O) groups is 1. The van der Waals surface area contributed by atoms with Crippen LogP contribution in [0.15, 0.2) is 97.1 Å². The summed E-state index contributed by atoms with van der Waals surface area (Å²) in [5, 5.41) is 0. The summed E-state index contributed by atoms with van der Waals surface area (Å²) in [6, 6.07) is 32.8. The molecule has 0 N–H and O–H groups in total. The van der Waals surface area contributed by atoms with Crippen molar-refractivity contribution in [1.82, 2.24) is 9.88 Å². The number of carbonyl (C=O) groups excluding carboxylic acids is 1. The molecule has 0 aliphatic carbocycles. The Labute approximate surface area is 274 Å². The third kappa shape index (κ3) is 8.39. The average molecular weight is 622 g/mol. The summed E-state index contributed by atoms with van der Waals surface area (Å²) >= 11 is 0. The average Bonchev–Trinajstić information content (AvgIpc) is 3.06. The maximum atomic E-state index is 12.5. The van der Waals surface area contributed by atoms with E-state index < -0.39 is 5.60 Å². The number of likely N-dealkylation sites (tertiary alicyclic amines) is 1. The fraction of sp³-hybridized carbons (Fsp3) is 0.385. The van der Waals surface area contributed by atoms with Crippen LogP contribution < -0.4 is 14.4 Å². The first kappa shape index (κ1) is 32.9. The molecule has 2 aliphatic heterocycles. The van der Waals surface area contributed by atoms with Gasteiger partial charge in [-0.3, -0.25) is 0 Å². The lowest BCUT2D eigenvalue weighted by Crippen LogP contribution is -2.61. The standard InChI is InChI=1S/C37H41N3O4.C2H6/c1-36(2,3)44-35(41)39-22-20-37(21-23-39)26-40(27-37)31-16-14-30(15-17-31)32-18-19-33(42-24-28-10-6-4-7-11-28)38-34(32)43-25-29-12-8-5-9-13-29;1-2/h4-19H,20-27H2,1-3H3;1-2H3. The van der Waals surface area contributed by atoms with Crippen molar-refractivity contribution >= 4 is 11.8 Å². The largest absolute Gasteiger partial charge is 0.473 e. The molecule has 1 spiro atoms. The highest BCUT2D eigenvalue weighted by molar-refractivity contribution is 5.71. The molecule has 2 saturated heterocycles. The van der Waals surface area contributed by atoms with Gasteiger partial charge in [-0.05, 0) is 68.5 Å². The first-order valence-corrected chi connectivity index (χ1v) is 16.4. The molecule has 2 fully saturated rings. The first-order chi connectivity index (χ1) is 22.3. The van der Waals surface area contributed by atoms with Gasteiger partial charge in [0.2, 0.25) is 11.8 Å². The molecular formula is C39H47N3O4. The quantitative estimate of drug-likeness (QED) is 0.196. The van der Waals surface area contributed by atoms with E-state index in [1.165, 1.54) is 5.69 Å². The van der Waals surface area contributed by atoms with Crippen LogP contribution in [0.3, 0.4) is 0 Å². The molecular weight excluding hydrogens is 574 g/mol. The minimum Gasteiger partial charge on any atom is -0.473 e. The first-order valence-electron chi connectivity index (χ1n) is 16.4. The van der Waals surface area contributed by atoms with E-state index in [-0.39, 0.29) is 11.5 Å². The Bertz CT molecular complexity index is 1540. The van der Waals surface area contributed by atoms with Gasteiger partial charge in [0, 0.05) is 48.9 Å². The van der Waals surface area contributed by atoms with Crippen molar-refractivity contribution in [3.05, 3.63) is 108 Å². The van der Waals surface area contributed by atoms with Crippen molar-refractivity contribution in [1.29, 1.82) is 0 Å². The van der Waals surface area contributed by atoms with Gasteiger partial charge in [0.1, 0.15) is 18.8 Å². The highest BCUT2D eigenvalue weighted by Gasteiger charge is 2.46. The number of anilines is 1. The number of benzene rings is 3. The van der Waals surface area contributed by atoms with Crippen LogP contribution in [0.2, 0.25) is 0 Å². The van der Waals surface area contributed by atoms with Crippen LogP contribution in [0.1, 0.15) is 58.6 Å². The summed E-state index contributed by atoms with van der Waals surface area (Å²) in [5.41, 5.74) is 5.14. The fourth-order valence-corrected chi connectivity index (χ4v) is 5.90. The fourth-order valence-electron chi connectivity index (χ4n) is 5.90. The molecule has 6 rings (SSSR count). The van der Waals surface area contributed by atoms with Gasteiger partial charge in [-0.15, -0.1) is 0 Å². The molecule has 242 valence electrons. The Morgan fingerprint density at radius 1 is 0.761 bits per heavy atom. The molecule has 0 saturated carbocycles. The van der Waals surface area contributed by atoms with Crippen molar-refractivity contribution in [2.24, 2.45) is 5.41 Å². The summed E-state index contributed by atoms with van der Waals surface area (Å²) in [4.78, 5) is 21.5. The molecule has 2 aliphatic rings. The van der Waals surface area contributed by atoms with Gasteiger partial charge in [-0.1, -0.05) is 86.6 Å². The SMILES string of the molecule is CC.CC(C)(C)OC(=O)N1CCC2(CC1)CN(c1ccc(-c3ccc(OCc4ccccc4)nc3OCc3ccccc3)cc1)C2. The molecule has 0 atom stereocenters. The maximum absolute atomic E-state index is 12.5. The van der Waals surface area contributed by atoms with Gasteiger partial charge in [0.05, 0.1) is 0 Å². The van der Waals surface area contributed by atoms with E-state index in [9.17, 15) is 4.79 Å². The molecule has 7 heteroatoms. The van der Waals surface area contributed by atoms with E-state index in [1.807, 2.05) is 112 Å². The third-order valence-corrected chi connectivity index (χ3v) is 8.35. The predicted molar refractivity (Wildman–Crippen MR) is 184 cm³/mol. The number of aromatic nitrogens is 1. The highest BCUT2D eigenvalue weighted by Crippen LogP contribution is 2.43. The molecule has 7 nitrogen and oxygen atoms in total. The van der Waals surface area contributed by atoms with Gasteiger partial charge in [-0.25, -0.2) is 4.79 Å². The maximum Gasteiger partial charge on any atom is 0.410 e. The summed E-state index contributed by atoms with van der Waals surface area (Å²) in [6.07, 6.45) is 1.82. The number of hydrogen-bond acceptors (Lipinski definition) is 6. The van der Waals surface area contributed by atoms with Crippen molar-refractivity contribution in [3.63, 3.8) is 0 Å². The highest BCUT2D eigenvalue weighted by atomic mass is 16.6. The van der Waals surface area contributed by atoms with Crippen LogP contribution in [-0.2, 0) is 18.0 Å². The Morgan fingerprint density at radius 3 is 1.89 bits per heavy atom. The van der Waals surface area contributed by atoms with Gasteiger partial charge >= 0.3 is 6.09 Å². The number of nitrogens with zero attached hydrogens (tertiary/aromatic N) is 3. The van der Waals surface area contributed by atoms with E-state index in [1.54, 1.807) is 0 Å². The van der Waals surface area contributed by atoms with E-state index in [4.69, 9.17) is 19.2 Å². The number of pyridine rings is 1. The topological polar surface area (TPSA) is 64.1 Å². The molecule has 0 bridgehead atoms. The monoisotopic (exact) mass is 621 g/mol. The number of ether oxygens (including phenoxy) is 3. The van der Waals surface area contributed by atoms with Gasteiger partial charge in [0.25, 0.3) is 0 Å². The van der Waals surface area contributed by atoms with E-state index in [0.29, 0.717) is 25.0 Å². The zero-order chi connectivity index (χ0) is 32.6. The van der Waals surface area contributed by atoms with Crippen LogP contribution >= 0.6 is 0 Å². The zero-order valence-electron chi connectivity index (χ0n) is 27.9. The second-order valence-electron chi connectivity index (χ2n) is 12.9. The molecule has 1 amide bonds. The van der Waals surface area contributed by atoms with Crippen molar-refractivity contribution in [2.45, 2.75) is 66.3 Å². The second-order valence-corrected chi connectivity index (χ2v) is 12.9. The number of amides is 1. The molecule has 0 unspecified atom stereocenters. The molecule has 3 aromatic carbocycles. The van der Waals surface area contributed by atoms with Gasteiger partial charge in [-0.2, -0.15) is 4.98 Å². The molecule has 1 aromatic heterocycles. The van der Waals surface area contributed by atoms with E-state index in [2.05, 4.69) is 29.2 Å². The Balaban J connectivity index is 0.00000204. The lowest BCUT2D eigenvalue weighted by Gasteiger charge is -2.55. The van der Waals surface area contributed by atoms with Crippen molar-refractivity contribution < 1.29 is 19.0 Å². The summed E-state index contributed by atoms with van der Waals surface area (Å²) in [5.74, 6) is 1.08. The Kier molecular flexibility index (Phi) is 10.5. The predicted octanol–water partition coefficient (Wildman–Crippen LogP) is 8.77. The summed E-state index contributed by atoms with van der Waals surface area (Å²) in [7, 11) is 0. The normalized spacial score (nSPS) is 15.3. The van der Waals surface area contributed by atoms with Gasteiger partial charge < -0.3 is 24.0 Å². The van der Waals surface area contributed by atoms with Crippen LogP contribution in [0, 0.1) is 5.41 Å². The zero-order valence-corrected chi connectivity index (χ0v) is 27.9. The van der Waals surface area contributed by atoms with Gasteiger partial charge in [0.15, 0.2) is 0 Å². The second kappa shape index (κ2) is 14.7. The van der Waals surface area contributed by atoms with Crippen molar-refractivity contribution in [3.8, 4) is 22.9 Å². The van der Waals surface area contributed by atoms with Crippen LogP contribution in [0.25, 0.3) is 11.1 Å². The number of hydrogen-bond donors (Lipinski definition) is 0. The smallest absolute Gasteiger partial charge is 0.410 e. The lowest BCUT2D eigenvalue weighted by atomic mass is 9.72. The van der Waals surface area contributed by atoms with Crippen molar-refractivity contribution in [2.75, 3.05) is 31.1 Å².